The zero-order chi connectivity index (χ0) is 13.8. The van der Waals surface area contributed by atoms with Crippen molar-refractivity contribution in [1.29, 1.82) is 5.26 Å². The van der Waals surface area contributed by atoms with E-state index in [2.05, 4.69) is 53.2 Å². The lowest BCUT2D eigenvalue weighted by Crippen LogP contribution is -2.00. The average Bonchev–Trinajstić information content (AvgIpc) is 2.42. The molecule has 7 heteroatoms. The summed E-state index contributed by atoms with van der Waals surface area (Å²) in [4.78, 5) is 8.28. The average molecular weight is 384 g/mol. The zero-order valence-corrected chi connectivity index (χ0v) is 13.0. The molecule has 0 unspecified atom stereocenters. The lowest BCUT2D eigenvalue weighted by molar-refractivity contribution is 0.394. The SMILES string of the molecule is COc1nc(Nc2ccc(Br)cc2C#N)ncc1Br. The van der Waals surface area contributed by atoms with Gasteiger partial charge in [0.1, 0.15) is 6.07 Å². The fourth-order valence-corrected chi connectivity index (χ4v) is 2.11. The molecule has 0 aliphatic heterocycles. The van der Waals surface area contributed by atoms with Gasteiger partial charge in [0, 0.05) is 4.47 Å². The summed E-state index contributed by atoms with van der Waals surface area (Å²) in [5.74, 6) is 0.784. The van der Waals surface area contributed by atoms with Crippen LogP contribution < -0.4 is 10.1 Å². The van der Waals surface area contributed by atoms with Gasteiger partial charge in [-0.25, -0.2) is 4.98 Å². The molecule has 1 heterocycles. The van der Waals surface area contributed by atoms with Crippen LogP contribution in [-0.4, -0.2) is 17.1 Å². The van der Waals surface area contributed by atoms with Gasteiger partial charge in [-0.3, -0.25) is 0 Å². The molecule has 96 valence electrons. The van der Waals surface area contributed by atoms with E-state index in [4.69, 9.17) is 10.00 Å². The summed E-state index contributed by atoms with van der Waals surface area (Å²) in [7, 11) is 1.53. The Morgan fingerprint density at radius 2 is 2.16 bits per heavy atom. The Balaban J connectivity index is 2.34. The number of nitrogens with one attached hydrogen (secondary N) is 1. The molecule has 0 atom stereocenters. The normalized spacial score (nSPS) is 9.79. The molecule has 19 heavy (non-hydrogen) atoms. The van der Waals surface area contributed by atoms with Crippen LogP contribution in [0.15, 0.2) is 33.3 Å². The lowest BCUT2D eigenvalue weighted by Gasteiger charge is -2.08. The highest BCUT2D eigenvalue weighted by molar-refractivity contribution is 9.10. The second-order valence-electron chi connectivity index (χ2n) is 3.48. The smallest absolute Gasteiger partial charge is 0.232 e. The quantitative estimate of drug-likeness (QED) is 0.876. The largest absolute Gasteiger partial charge is 0.480 e. The second-order valence-corrected chi connectivity index (χ2v) is 5.25. The number of anilines is 2. The van der Waals surface area contributed by atoms with Crippen LogP contribution >= 0.6 is 31.9 Å². The fourth-order valence-electron chi connectivity index (χ4n) is 1.39. The molecular formula is C12H8Br2N4O. The Kier molecular flexibility index (Phi) is 4.35. The van der Waals surface area contributed by atoms with E-state index in [-0.39, 0.29) is 0 Å². The molecule has 0 bridgehead atoms. The highest BCUT2D eigenvalue weighted by atomic mass is 79.9. The van der Waals surface area contributed by atoms with Gasteiger partial charge in [0.2, 0.25) is 11.8 Å². The molecule has 5 nitrogen and oxygen atoms in total. The van der Waals surface area contributed by atoms with Gasteiger partial charge >= 0.3 is 0 Å². The highest BCUT2D eigenvalue weighted by Gasteiger charge is 2.08. The van der Waals surface area contributed by atoms with Gasteiger partial charge in [-0.15, -0.1) is 0 Å². The van der Waals surface area contributed by atoms with Crippen molar-refractivity contribution in [3.8, 4) is 11.9 Å². The molecule has 0 radical (unpaired) electrons. The predicted molar refractivity (Wildman–Crippen MR) is 78.4 cm³/mol. The number of ether oxygens (including phenoxy) is 1. The third-order valence-corrected chi connectivity index (χ3v) is 3.29. The maximum absolute atomic E-state index is 9.08. The summed E-state index contributed by atoms with van der Waals surface area (Å²) in [6.45, 7) is 0. The number of benzene rings is 1. The number of methoxy groups -OCH3 is 1. The monoisotopic (exact) mass is 382 g/mol. The highest BCUT2D eigenvalue weighted by Crippen LogP contribution is 2.26. The molecule has 0 saturated carbocycles. The van der Waals surface area contributed by atoms with E-state index in [0.29, 0.717) is 27.6 Å². The van der Waals surface area contributed by atoms with E-state index >= 15 is 0 Å². The van der Waals surface area contributed by atoms with E-state index in [1.54, 1.807) is 18.3 Å². The molecule has 0 saturated heterocycles. The minimum absolute atomic E-state index is 0.360. The Hall–Kier alpha value is -1.65. The van der Waals surface area contributed by atoms with Crippen LogP contribution in [0, 0.1) is 11.3 Å². The van der Waals surface area contributed by atoms with Gasteiger partial charge in [-0.05, 0) is 34.1 Å². The second kappa shape index (κ2) is 5.99. The van der Waals surface area contributed by atoms with Crippen molar-refractivity contribution in [2.75, 3.05) is 12.4 Å². The fraction of sp³-hybridized carbons (Fsp3) is 0.0833. The molecule has 0 amide bonds. The Labute approximate surface area is 126 Å². The first kappa shape index (κ1) is 13.8. The molecule has 0 aliphatic rings. The summed E-state index contributed by atoms with van der Waals surface area (Å²) in [6.07, 6.45) is 1.58. The number of aromatic nitrogens is 2. The van der Waals surface area contributed by atoms with Crippen molar-refractivity contribution in [2.24, 2.45) is 0 Å². The van der Waals surface area contributed by atoms with Gasteiger partial charge in [0.05, 0.1) is 29.0 Å². The molecule has 1 N–H and O–H groups in total. The molecule has 1 aromatic carbocycles. The molecule has 1 aromatic heterocycles. The molecule has 0 spiro atoms. The third kappa shape index (κ3) is 3.22. The maximum Gasteiger partial charge on any atom is 0.232 e. The van der Waals surface area contributed by atoms with E-state index in [0.717, 1.165) is 4.47 Å². The van der Waals surface area contributed by atoms with Crippen molar-refractivity contribution in [3.63, 3.8) is 0 Å². The number of nitriles is 1. The van der Waals surface area contributed by atoms with Crippen LogP contribution in [0.25, 0.3) is 0 Å². The van der Waals surface area contributed by atoms with Crippen LogP contribution in [0.1, 0.15) is 5.56 Å². The molecular weight excluding hydrogens is 376 g/mol. The van der Waals surface area contributed by atoms with Crippen molar-refractivity contribution in [3.05, 3.63) is 38.9 Å². The number of hydrogen-bond donors (Lipinski definition) is 1. The van der Waals surface area contributed by atoms with Gasteiger partial charge in [0.25, 0.3) is 0 Å². The minimum Gasteiger partial charge on any atom is -0.480 e. The summed E-state index contributed by atoms with van der Waals surface area (Å²) >= 11 is 6.60. The third-order valence-electron chi connectivity index (χ3n) is 2.25. The van der Waals surface area contributed by atoms with Gasteiger partial charge in [0.15, 0.2) is 0 Å². The van der Waals surface area contributed by atoms with Crippen molar-refractivity contribution in [1.82, 2.24) is 9.97 Å². The maximum atomic E-state index is 9.08. The van der Waals surface area contributed by atoms with Crippen LogP contribution in [-0.2, 0) is 0 Å². The minimum atomic E-state index is 0.360. The summed E-state index contributed by atoms with van der Waals surface area (Å²) in [5.41, 5.74) is 1.13. The molecule has 0 aliphatic carbocycles. The Morgan fingerprint density at radius 1 is 1.37 bits per heavy atom. The zero-order valence-electron chi connectivity index (χ0n) is 9.82. The lowest BCUT2D eigenvalue weighted by atomic mass is 10.2. The van der Waals surface area contributed by atoms with E-state index in [9.17, 15) is 0 Å². The topological polar surface area (TPSA) is 70.8 Å². The van der Waals surface area contributed by atoms with Crippen molar-refractivity contribution < 1.29 is 4.74 Å². The summed E-state index contributed by atoms with van der Waals surface area (Å²) in [5, 5.41) is 12.1. The number of halogens is 2. The van der Waals surface area contributed by atoms with E-state index in [1.165, 1.54) is 7.11 Å². The van der Waals surface area contributed by atoms with Crippen molar-refractivity contribution >= 4 is 43.5 Å². The first-order valence-corrected chi connectivity index (χ1v) is 6.76. The van der Waals surface area contributed by atoms with Crippen molar-refractivity contribution in [2.45, 2.75) is 0 Å². The first-order chi connectivity index (χ1) is 9.13. The van der Waals surface area contributed by atoms with Gasteiger partial charge in [-0.2, -0.15) is 10.2 Å². The summed E-state index contributed by atoms with van der Waals surface area (Å²) < 4.78 is 6.59. The molecule has 0 fully saturated rings. The number of hydrogen-bond acceptors (Lipinski definition) is 5. The van der Waals surface area contributed by atoms with E-state index < -0.39 is 0 Å². The molecule has 2 rings (SSSR count). The van der Waals surface area contributed by atoms with E-state index in [1.807, 2.05) is 6.07 Å². The van der Waals surface area contributed by atoms with Crippen LogP contribution in [0.4, 0.5) is 11.6 Å². The number of rotatable bonds is 3. The summed E-state index contributed by atoms with van der Waals surface area (Å²) in [6, 6.07) is 7.44. The Bertz CT molecular complexity index is 655. The standard InChI is InChI=1S/C12H8Br2N4O/c1-19-11-9(14)6-16-12(18-11)17-10-3-2-8(13)4-7(10)5-15/h2-4,6H,1H3,(H,16,17,18). The van der Waals surface area contributed by atoms with Gasteiger partial charge in [-0.1, -0.05) is 15.9 Å². The van der Waals surface area contributed by atoms with Crippen LogP contribution in [0.5, 0.6) is 5.88 Å². The predicted octanol–water partition coefficient (Wildman–Crippen LogP) is 3.63. The van der Waals surface area contributed by atoms with Crippen LogP contribution in [0.2, 0.25) is 0 Å². The first-order valence-electron chi connectivity index (χ1n) is 5.17. The van der Waals surface area contributed by atoms with Gasteiger partial charge < -0.3 is 10.1 Å². The number of nitrogens with zero attached hydrogens (tertiary/aromatic N) is 3. The Morgan fingerprint density at radius 3 is 2.84 bits per heavy atom. The van der Waals surface area contributed by atoms with Crippen LogP contribution in [0.3, 0.4) is 0 Å². The molecule has 2 aromatic rings.